The molecule has 0 atom stereocenters. The first-order valence-corrected chi connectivity index (χ1v) is 7.90. The Morgan fingerprint density at radius 2 is 1.90 bits per heavy atom. The molecule has 20 heavy (non-hydrogen) atoms. The van der Waals surface area contributed by atoms with Gasteiger partial charge >= 0.3 is 0 Å². The number of nitrogen functional groups attached to an aromatic ring is 1. The highest BCUT2D eigenvalue weighted by Gasteiger charge is 2.20. The molecule has 2 aromatic rings. The second-order valence-electron chi connectivity index (χ2n) is 5.15. The standard InChI is InChI=1S/C15H15BrClN3/c16-10-5-6-11(12(17)7-10)15-19-13(8-14(18)20-15)9-3-1-2-4-9/h5-9H,1-4H2,(H2,18,19,20). The van der Waals surface area contributed by atoms with Crippen molar-refractivity contribution in [1.82, 2.24) is 9.97 Å². The lowest BCUT2D eigenvalue weighted by Crippen LogP contribution is -2.03. The molecule has 1 aromatic carbocycles. The fraction of sp³-hybridized carbons (Fsp3) is 0.333. The Bertz CT molecular complexity index is 639. The molecule has 104 valence electrons. The molecular formula is C15H15BrClN3. The van der Waals surface area contributed by atoms with Gasteiger partial charge in [0.05, 0.1) is 5.02 Å². The third kappa shape index (κ3) is 2.81. The molecule has 1 aliphatic rings. The lowest BCUT2D eigenvalue weighted by atomic mass is 10.0. The number of benzene rings is 1. The van der Waals surface area contributed by atoms with Crippen LogP contribution >= 0.6 is 27.5 Å². The van der Waals surface area contributed by atoms with Crippen molar-refractivity contribution < 1.29 is 0 Å². The van der Waals surface area contributed by atoms with Crippen molar-refractivity contribution in [2.45, 2.75) is 31.6 Å². The molecule has 1 aliphatic carbocycles. The molecule has 3 nitrogen and oxygen atoms in total. The zero-order chi connectivity index (χ0) is 14.1. The number of hydrogen-bond acceptors (Lipinski definition) is 3. The van der Waals surface area contributed by atoms with E-state index < -0.39 is 0 Å². The molecule has 1 aromatic heterocycles. The Hall–Kier alpha value is -1.13. The number of aromatic nitrogens is 2. The van der Waals surface area contributed by atoms with Crippen LogP contribution in [0.4, 0.5) is 5.82 Å². The van der Waals surface area contributed by atoms with E-state index in [9.17, 15) is 0 Å². The van der Waals surface area contributed by atoms with Gasteiger partial charge in [0.25, 0.3) is 0 Å². The van der Waals surface area contributed by atoms with E-state index in [2.05, 4.69) is 25.9 Å². The fourth-order valence-corrected chi connectivity index (χ4v) is 3.47. The molecule has 5 heteroatoms. The van der Waals surface area contributed by atoms with Gasteiger partial charge in [0.15, 0.2) is 5.82 Å². The number of anilines is 1. The van der Waals surface area contributed by atoms with Gasteiger partial charge in [-0.1, -0.05) is 40.4 Å². The van der Waals surface area contributed by atoms with E-state index in [1.165, 1.54) is 25.7 Å². The zero-order valence-electron chi connectivity index (χ0n) is 10.9. The van der Waals surface area contributed by atoms with Crippen LogP contribution in [0.25, 0.3) is 11.4 Å². The van der Waals surface area contributed by atoms with Gasteiger partial charge in [0.2, 0.25) is 0 Å². The second-order valence-corrected chi connectivity index (χ2v) is 6.47. The molecule has 1 heterocycles. The summed E-state index contributed by atoms with van der Waals surface area (Å²) in [5.41, 5.74) is 7.81. The Morgan fingerprint density at radius 1 is 1.15 bits per heavy atom. The first-order chi connectivity index (χ1) is 9.63. The summed E-state index contributed by atoms with van der Waals surface area (Å²) in [6, 6.07) is 7.59. The van der Waals surface area contributed by atoms with E-state index in [1.54, 1.807) is 0 Å². The quantitative estimate of drug-likeness (QED) is 0.844. The van der Waals surface area contributed by atoms with Crippen molar-refractivity contribution in [3.63, 3.8) is 0 Å². The molecule has 0 spiro atoms. The summed E-state index contributed by atoms with van der Waals surface area (Å²) in [6.45, 7) is 0. The number of hydrogen-bond donors (Lipinski definition) is 1. The van der Waals surface area contributed by atoms with E-state index in [4.69, 9.17) is 17.3 Å². The highest BCUT2D eigenvalue weighted by Crippen LogP contribution is 2.35. The topological polar surface area (TPSA) is 51.8 Å². The summed E-state index contributed by atoms with van der Waals surface area (Å²) in [5.74, 6) is 1.63. The minimum Gasteiger partial charge on any atom is -0.384 e. The van der Waals surface area contributed by atoms with Crippen LogP contribution < -0.4 is 5.73 Å². The average Bonchev–Trinajstić information content (AvgIpc) is 2.91. The van der Waals surface area contributed by atoms with Crippen LogP contribution in [0.2, 0.25) is 5.02 Å². The number of nitrogens with two attached hydrogens (primary N) is 1. The van der Waals surface area contributed by atoms with Gasteiger partial charge in [-0.3, -0.25) is 0 Å². The fourth-order valence-electron chi connectivity index (χ4n) is 2.71. The summed E-state index contributed by atoms with van der Waals surface area (Å²) in [6.07, 6.45) is 4.90. The highest BCUT2D eigenvalue weighted by atomic mass is 79.9. The second kappa shape index (κ2) is 5.70. The smallest absolute Gasteiger partial charge is 0.163 e. The van der Waals surface area contributed by atoms with Gasteiger partial charge < -0.3 is 5.73 Å². The third-order valence-electron chi connectivity index (χ3n) is 3.71. The number of nitrogens with zero attached hydrogens (tertiary/aromatic N) is 2. The molecular weight excluding hydrogens is 338 g/mol. The van der Waals surface area contributed by atoms with E-state index in [-0.39, 0.29) is 0 Å². The van der Waals surface area contributed by atoms with Crippen molar-refractivity contribution >= 4 is 33.3 Å². The summed E-state index contributed by atoms with van der Waals surface area (Å²) in [4.78, 5) is 9.02. The maximum atomic E-state index is 6.28. The van der Waals surface area contributed by atoms with E-state index in [0.717, 1.165) is 15.7 Å². The SMILES string of the molecule is Nc1cc(C2CCCC2)nc(-c2ccc(Br)cc2Cl)n1. The minimum absolute atomic E-state index is 0.508. The van der Waals surface area contributed by atoms with Gasteiger partial charge in [-0.15, -0.1) is 0 Å². The number of rotatable bonds is 2. The Balaban J connectivity index is 2.04. The predicted molar refractivity (Wildman–Crippen MR) is 85.8 cm³/mol. The largest absolute Gasteiger partial charge is 0.384 e. The lowest BCUT2D eigenvalue weighted by Gasteiger charge is -2.12. The monoisotopic (exact) mass is 351 g/mol. The van der Waals surface area contributed by atoms with Crippen LogP contribution in [0.5, 0.6) is 0 Å². The lowest BCUT2D eigenvalue weighted by molar-refractivity contribution is 0.696. The van der Waals surface area contributed by atoms with Crippen LogP contribution in [0.15, 0.2) is 28.7 Å². The molecule has 0 radical (unpaired) electrons. The molecule has 0 bridgehead atoms. The zero-order valence-corrected chi connectivity index (χ0v) is 13.3. The maximum Gasteiger partial charge on any atom is 0.163 e. The first kappa shape index (κ1) is 13.8. The van der Waals surface area contributed by atoms with Crippen LogP contribution in [0, 0.1) is 0 Å². The van der Waals surface area contributed by atoms with Crippen molar-refractivity contribution in [3.05, 3.63) is 39.5 Å². The summed E-state index contributed by atoms with van der Waals surface area (Å²) in [5, 5.41) is 0.627. The van der Waals surface area contributed by atoms with Crippen molar-refractivity contribution in [2.75, 3.05) is 5.73 Å². The number of halogens is 2. The predicted octanol–water partition coefficient (Wildman–Crippen LogP) is 4.80. The minimum atomic E-state index is 0.508. The Kier molecular flexibility index (Phi) is 3.94. The highest BCUT2D eigenvalue weighted by molar-refractivity contribution is 9.10. The molecule has 2 N–H and O–H groups in total. The molecule has 3 rings (SSSR count). The third-order valence-corrected chi connectivity index (χ3v) is 4.52. The van der Waals surface area contributed by atoms with E-state index in [0.29, 0.717) is 22.6 Å². The summed E-state index contributed by atoms with van der Waals surface area (Å²) < 4.78 is 0.936. The normalized spacial score (nSPS) is 15.7. The Labute approximate surface area is 131 Å². The van der Waals surface area contributed by atoms with Gasteiger partial charge in [-0.05, 0) is 31.0 Å². The molecule has 0 amide bonds. The van der Waals surface area contributed by atoms with E-state index in [1.807, 2.05) is 24.3 Å². The van der Waals surface area contributed by atoms with Crippen LogP contribution in [-0.2, 0) is 0 Å². The van der Waals surface area contributed by atoms with Crippen molar-refractivity contribution in [2.24, 2.45) is 0 Å². The molecule has 0 aliphatic heterocycles. The van der Waals surface area contributed by atoms with Gasteiger partial charge in [0.1, 0.15) is 5.82 Å². The maximum absolute atomic E-state index is 6.28. The summed E-state index contributed by atoms with van der Waals surface area (Å²) in [7, 11) is 0. The first-order valence-electron chi connectivity index (χ1n) is 6.73. The van der Waals surface area contributed by atoms with E-state index >= 15 is 0 Å². The summed E-state index contributed by atoms with van der Waals surface area (Å²) >= 11 is 9.68. The molecule has 1 fully saturated rings. The molecule has 0 saturated heterocycles. The van der Waals surface area contributed by atoms with Crippen LogP contribution in [0.1, 0.15) is 37.3 Å². The van der Waals surface area contributed by atoms with Crippen molar-refractivity contribution in [1.29, 1.82) is 0 Å². The Morgan fingerprint density at radius 3 is 2.60 bits per heavy atom. The van der Waals surface area contributed by atoms with Gasteiger partial charge in [0, 0.05) is 27.7 Å². The molecule has 1 saturated carbocycles. The van der Waals surface area contributed by atoms with Crippen molar-refractivity contribution in [3.8, 4) is 11.4 Å². The van der Waals surface area contributed by atoms with Crippen LogP contribution in [0.3, 0.4) is 0 Å². The van der Waals surface area contributed by atoms with Crippen LogP contribution in [-0.4, -0.2) is 9.97 Å². The van der Waals surface area contributed by atoms with Gasteiger partial charge in [-0.2, -0.15) is 0 Å². The molecule has 0 unspecified atom stereocenters. The van der Waals surface area contributed by atoms with Gasteiger partial charge in [-0.25, -0.2) is 9.97 Å². The average molecular weight is 353 g/mol.